The molecular formula is C19H22N2O2. The number of benzene rings is 1. The molecule has 120 valence electrons. The first-order chi connectivity index (χ1) is 11.2. The van der Waals surface area contributed by atoms with Gasteiger partial charge in [0.15, 0.2) is 6.10 Å². The maximum atomic E-state index is 12.1. The molecule has 1 aliphatic carbocycles. The van der Waals surface area contributed by atoms with Gasteiger partial charge in [-0.2, -0.15) is 0 Å². The van der Waals surface area contributed by atoms with Crippen molar-refractivity contribution in [3.05, 3.63) is 59.4 Å². The number of carbonyl (C=O) groups excluding carboxylic acids is 1. The van der Waals surface area contributed by atoms with Crippen LogP contribution in [0.4, 0.5) is 0 Å². The molecule has 1 heterocycles. The molecule has 1 amide bonds. The molecule has 1 aliphatic rings. The van der Waals surface area contributed by atoms with Crippen LogP contribution >= 0.6 is 0 Å². The standard InChI is InChI=1S/C19H22N2O2/c1-14(19(22)21-13-17-8-4-5-11-20-17)23-18-10-9-15-6-2-3-7-16(15)12-18/h4-5,8-12,14H,2-3,6-7,13H2,1H3,(H,21,22)/t14-/m0/s1. The van der Waals surface area contributed by atoms with Crippen molar-refractivity contribution < 1.29 is 9.53 Å². The monoisotopic (exact) mass is 310 g/mol. The van der Waals surface area contributed by atoms with Gasteiger partial charge in [0.05, 0.1) is 12.2 Å². The summed E-state index contributed by atoms with van der Waals surface area (Å²) >= 11 is 0. The Kier molecular flexibility index (Phi) is 4.91. The Balaban J connectivity index is 1.55. The van der Waals surface area contributed by atoms with Crippen molar-refractivity contribution in [1.29, 1.82) is 0 Å². The molecule has 0 saturated carbocycles. The lowest BCUT2D eigenvalue weighted by atomic mass is 9.92. The molecule has 0 saturated heterocycles. The van der Waals surface area contributed by atoms with Crippen LogP contribution in [-0.4, -0.2) is 17.0 Å². The fourth-order valence-electron chi connectivity index (χ4n) is 2.86. The van der Waals surface area contributed by atoms with E-state index in [1.807, 2.05) is 24.3 Å². The highest BCUT2D eigenvalue weighted by Crippen LogP contribution is 2.25. The number of hydrogen-bond donors (Lipinski definition) is 1. The average molecular weight is 310 g/mol. The van der Waals surface area contributed by atoms with Gasteiger partial charge in [0.25, 0.3) is 5.91 Å². The number of pyridine rings is 1. The Morgan fingerprint density at radius 3 is 2.83 bits per heavy atom. The third-order valence-corrected chi connectivity index (χ3v) is 4.17. The number of aryl methyl sites for hydroxylation is 2. The molecule has 4 nitrogen and oxygen atoms in total. The van der Waals surface area contributed by atoms with Crippen LogP contribution in [0.5, 0.6) is 5.75 Å². The van der Waals surface area contributed by atoms with Crippen molar-refractivity contribution in [1.82, 2.24) is 10.3 Å². The fourth-order valence-corrected chi connectivity index (χ4v) is 2.86. The molecule has 23 heavy (non-hydrogen) atoms. The van der Waals surface area contributed by atoms with Gasteiger partial charge in [-0.1, -0.05) is 12.1 Å². The molecule has 1 N–H and O–H groups in total. The van der Waals surface area contributed by atoms with Gasteiger partial charge in [0, 0.05) is 6.20 Å². The zero-order valence-electron chi connectivity index (χ0n) is 13.4. The molecule has 1 aromatic carbocycles. The Morgan fingerprint density at radius 2 is 2.04 bits per heavy atom. The minimum atomic E-state index is -0.527. The average Bonchev–Trinajstić information content (AvgIpc) is 2.60. The number of amides is 1. The van der Waals surface area contributed by atoms with Crippen LogP contribution in [0.2, 0.25) is 0 Å². The van der Waals surface area contributed by atoms with Crippen LogP contribution in [0.25, 0.3) is 0 Å². The first-order valence-electron chi connectivity index (χ1n) is 8.18. The predicted molar refractivity (Wildman–Crippen MR) is 89.3 cm³/mol. The fraction of sp³-hybridized carbons (Fsp3) is 0.368. The Hall–Kier alpha value is -2.36. The minimum absolute atomic E-state index is 0.131. The number of fused-ring (bicyclic) bond motifs is 1. The third kappa shape index (κ3) is 4.09. The third-order valence-electron chi connectivity index (χ3n) is 4.17. The summed E-state index contributed by atoms with van der Waals surface area (Å²) < 4.78 is 5.80. The van der Waals surface area contributed by atoms with E-state index in [0.29, 0.717) is 6.54 Å². The lowest BCUT2D eigenvalue weighted by Crippen LogP contribution is -2.36. The molecule has 0 radical (unpaired) electrons. The minimum Gasteiger partial charge on any atom is -0.481 e. The lowest BCUT2D eigenvalue weighted by Gasteiger charge is -2.19. The number of carbonyl (C=O) groups is 1. The van der Waals surface area contributed by atoms with E-state index in [9.17, 15) is 4.79 Å². The smallest absolute Gasteiger partial charge is 0.261 e. The Morgan fingerprint density at radius 1 is 1.22 bits per heavy atom. The highest BCUT2D eigenvalue weighted by atomic mass is 16.5. The zero-order chi connectivity index (χ0) is 16.1. The van der Waals surface area contributed by atoms with Gasteiger partial charge in [-0.3, -0.25) is 9.78 Å². The molecule has 0 fully saturated rings. The summed E-state index contributed by atoms with van der Waals surface area (Å²) in [5.74, 6) is 0.638. The van der Waals surface area contributed by atoms with E-state index in [1.165, 1.54) is 24.0 Å². The highest BCUT2D eigenvalue weighted by molar-refractivity contribution is 5.80. The number of aromatic nitrogens is 1. The lowest BCUT2D eigenvalue weighted by molar-refractivity contribution is -0.127. The van der Waals surface area contributed by atoms with Crippen LogP contribution in [0, 0.1) is 0 Å². The quantitative estimate of drug-likeness (QED) is 0.923. The molecule has 0 bridgehead atoms. The summed E-state index contributed by atoms with van der Waals surface area (Å²) in [5, 5.41) is 2.85. The van der Waals surface area contributed by atoms with E-state index in [0.717, 1.165) is 24.3 Å². The first kappa shape index (κ1) is 15.5. The molecule has 4 heteroatoms. The van der Waals surface area contributed by atoms with Crippen molar-refractivity contribution in [3.63, 3.8) is 0 Å². The first-order valence-corrected chi connectivity index (χ1v) is 8.18. The Bertz CT molecular complexity index is 670. The second-order valence-corrected chi connectivity index (χ2v) is 5.94. The zero-order valence-corrected chi connectivity index (χ0v) is 13.4. The van der Waals surface area contributed by atoms with Gasteiger partial charge in [-0.25, -0.2) is 0 Å². The topological polar surface area (TPSA) is 51.2 Å². The van der Waals surface area contributed by atoms with E-state index in [2.05, 4.69) is 22.4 Å². The molecule has 1 aromatic heterocycles. The van der Waals surface area contributed by atoms with E-state index in [4.69, 9.17) is 4.74 Å². The summed E-state index contributed by atoms with van der Waals surface area (Å²) in [5.41, 5.74) is 3.60. The molecule has 0 unspecified atom stereocenters. The summed E-state index contributed by atoms with van der Waals surface area (Å²) in [6, 6.07) is 11.8. The van der Waals surface area contributed by atoms with Gasteiger partial charge in [-0.05, 0) is 68.0 Å². The van der Waals surface area contributed by atoms with Gasteiger partial charge >= 0.3 is 0 Å². The maximum absolute atomic E-state index is 12.1. The van der Waals surface area contributed by atoms with Crippen LogP contribution in [0.1, 0.15) is 36.6 Å². The van der Waals surface area contributed by atoms with Gasteiger partial charge < -0.3 is 10.1 Å². The molecular weight excluding hydrogens is 288 g/mol. The van der Waals surface area contributed by atoms with E-state index in [1.54, 1.807) is 13.1 Å². The largest absolute Gasteiger partial charge is 0.481 e. The van der Waals surface area contributed by atoms with E-state index in [-0.39, 0.29) is 5.91 Å². The predicted octanol–water partition coefficient (Wildman–Crippen LogP) is 3.04. The van der Waals surface area contributed by atoms with Crippen molar-refractivity contribution in [3.8, 4) is 5.75 Å². The Labute approximate surface area is 136 Å². The summed E-state index contributed by atoms with van der Waals surface area (Å²) in [7, 11) is 0. The molecule has 0 spiro atoms. The van der Waals surface area contributed by atoms with Crippen molar-refractivity contribution in [2.75, 3.05) is 0 Å². The number of nitrogens with zero attached hydrogens (tertiary/aromatic N) is 1. The second-order valence-electron chi connectivity index (χ2n) is 5.94. The second kappa shape index (κ2) is 7.27. The summed E-state index contributed by atoms with van der Waals surface area (Å²) in [6.07, 6.45) is 5.94. The van der Waals surface area contributed by atoms with Crippen LogP contribution in [0.3, 0.4) is 0 Å². The number of hydrogen-bond acceptors (Lipinski definition) is 3. The van der Waals surface area contributed by atoms with Gasteiger partial charge in [-0.15, -0.1) is 0 Å². The normalized spacial score (nSPS) is 14.7. The molecule has 1 atom stereocenters. The molecule has 3 rings (SSSR count). The van der Waals surface area contributed by atoms with Crippen LogP contribution in [-0.2, 0) is 24.2 Å². The number of nitrogens with one attached hydrogen (secondary N) is 1. The van der Waals surface area contributed by atoms with Gasteiger partial charge in [0.1, 0.15) is 5.75 Å². The molecule has 0 aliphatic heterocycles. The van der Waals surface area contributed by atoms with E-state index >= 15 is 0 Å². The molecule has 2 aromatic rings. The van der Waals surface area contributed by atoms with Gasteiger partial charge in [0.2, 0.25) is 0 Å². The number of rotatable bonds is 5. The SMILES string of the molecule is C[C@H](Oc1ccc2c(c1)CCCC2)C(=O)NCc1ccccn1. The van der Waals surface area contributed by atoms with Crippen molar-refractivity contribution in [2.24, 2.45) is 0 Å². The number of ether oxygens (including phenoxy) is 1. The van der Waals surface area contributed by atoms with E-state index < -0.39 is 6.10 Å². The highest BCUT2D eigenvalue weighted by Gasteiger charge is 2.16. The summed E-state index contributed by atoms with van der Waals surface area (Å²) in [4.78, 5) is 16.3. The van der Waals surface area contributed by atoms with Crippen molar-refractivity contribution in [2.45, 2.75) is 45.3 Å². The van der Waals surface area contributed by atoms with Crippen molar-refractivity contribution >= 4 is 5.91 Å². The van der Waals surface area contributed by atoms with Crippen LogP contribution < -0.4 is 10.1 Å². The maximum Gasteiger partial charge on any atom is 0.261 e. The van der Waals surface area contributed by atoms with Crippen LogP contribution in [0.15, 0.2) is 42.6 Å². The summed E-state index contributed by atoms with van der Waals surface area (Å²) in [6.45, 7) is 2.19.